The summed E-state index contributed by atoms with van der Waals surface area (Å²) in [5.74, 6) is 0.451. The Bertz CT molecular complexity index is 713. The average Bonchev–Trinajstić information content (AvgIpc) is 2.95. The molecule has 0 aromatic heterocycles. The minimum absolute atomic E-state index is 0.0214. The molecule has 1 saturated heterocycles. The fraction of sp³-hybridized carbons (Fsp3) is 0.263. The first-order valence-corrected chi connectivity index (χ1v) is 7.96. The molecule has 2 amide bonds. The first-order valence-electron chi connectivity index (χ1n) is 7.96. The maximum atomic E-state index is 12.2. The molecule has 124 valence electrons. The van der Waals surface area contributed by atoms with E-state index < -0.39 is 0 Å². The number of anilines is 1. The molecule has 1 N–H and O–H groups in total. The van der Waals surface area contributed by atoms with E-state index in [-0.39, 0.29) is 24.5 Å². The normalized spacial score (nSPS) is 17.0. The van der Waals surface area contributed by atoms with Crippen LogP contribution >= 0.6 is 0 Å². The molecule has 0 spiro atoms. The third kappa shape index (κ3) is 3.93. The van der Waals surface area contributed by atoms with Gasteiger partial charge in [0.1, 0.15) is 5.75 Å². The Morgan fingerprint density at radius 2 is 1.88 bits per heavy atom. The van der Waals surface area contributed by atoms with Gasteiger partial charge in [0.2, 0.25) is 5.91 Å². The Morgan fingerprint density at radius 1 is 1.17 bits per heavy atom. The number of hydrogen-bond acceptors (Lipinski definition) is 3. The number of nitrogens with zero attached hydrogens (tertiary/aromatic N) is 1. The smallest absolute Gasteiger partial charge is 0.258 e. The first-order chi connectivity index (χ1) is 11.6. The molecule has 5 heteroatoms. The second kappa shape index (κ2) is 7.17. The Morgan fingerprint density at radius 3 is 2.58 bits per heavy atom. The summed E-state index contributed by atoms with van der Waals surface area (Å²) in [6, 6.07) is 16.8. The number of benzene rings is 2. The number of carbonyl (C=O) groups excluding carboxylic acids is 2. The molecule has 24 heavy (non-hydrogen) atoms. The number of rotatable bonds is 5. The van der Waals surface area contributed by atoms with Crippen LogP contribution in [0.3, 0.4) is 0 Å². The van der Waals surface area contributed by atoms with E-state index in [1.54, 1.807) is 17.0 Å². The van der Waals surface area contributed by atoms with E-state index >= 15 is 0 Å². The van der Waals surface area contributed by atoms with E-state index in [9.17, 15) is 9.59 Å². The predicted molar refractivity (Wildman–Crippen MR) is 92.0 cm³/mol. The second-order valence-corrected chi connectivity index (χ2v) is 5.91. The monoisotopic (exact) mass is 324 g/mol. The van der Waals surface area contributed by atoms with Gasteiger partial charge in [-0.25, -0.2) is 0 Å². The van der Waals surface area contributed by atoms with Crippen molar-refractivity contribution in [3.8, 4) is 5.75 Å². The lowest BCUT2D eigenvalue weighted by molar-refractivity contribution is -0.123. The third-order valence-corrected chi connectivity index (χ3v) is 3.95. The Balaban J connectivity index is 1.52. The van der Waals surface area contributed by atoms with Crippen LogP contribution < -0.4 is 15.0 Å². The summed E-state index contributed by atoms with van der Waals surface area (Å²) in [5.41, 5.74) is 2.01. The largest absolute Gasteiger partial charge is 0.484 e. The van der Waals surface area contributed by atoms with Gasteiger partial charge in [0.25, 0.3) is 5.91 Å². The lowest BCUT2D eigenvalue weighted by atomic mass is 10.2. The summed E-state index contributed by atoms with van der Waals surface area (Å²) < 4.78 is 5.42. The van der Waals surface area contributed by atoms with Crippen LogP contribution in [0.25, 0.3) is 0 Å². The third-order valence-electron chi connectivity index (χ3n) is 3.95. The minimum Gasteiger partial charge on any atom is -0.484 e. The Hall–Kier alpha value is -2.82. The van der Waals surface area contributed by atoms with Crippen molar-refractivity contribution in [1.82, 2.24) is 5.32 Å². The molecule has 3 rings (SSSR count). The van der Waals surface area contributed by atoms with Crippen LogP contribution in [0.2, 0.25) is 0 Å². The zero-order valence-electron chi connectivity index (χ0n) is 13.6. The van der Waals surface area contributed by atoms with Crippen LogP contribution in [0.5, 0.6) is 5.75 Å². The molecule has 0 aliphatic carbocycles. The lowest BCUT2D eigenvalue weighted by Crippen LogP contribution is -2.39. The van der Waals surface area contributed by atoms with Gasteiger partial charge in [0.05, 0.1) is 6.04 Å². The van der Waals surface area contributed by atoms with Crippen LogP contribution in [0.4, 0.5) is 5.69 Å². The fourth-order valence-electron chi connectivity index (χ4n) is 2.71. The van der Waals surface area contributed by atoms with Crippen LogP contribution in [-0.4, -0.2) is 31.0 Å². The zero-order chi connectivity index (χ0) is 16.9. The van der Waals surface area contributed by atoms with Gasteiger partial charge in [-0.05, 0) is 31.2 Å². The van der Waals surface area contributed by atoms with E-state index in [1.807, 2.05) is 49.4 Å². The lowest BCUT2D eigenvalue weighted by Gasteiger charge is -2.17. The number of amides is 2. The molecule has 0 unspecified atom stereocenters. The van der Waals surface area contributed by atoms with Gasteiger partial charge in [-0.1, -0.05) is 35.9 Å². The molecule has 5 nitrogen and oxygen atoms in total. The molecule has 2 aromatic rings. The van der Waals surface area contributed by atoms with Crippen molar-refractivity contribution in [3.05, 3.63) is 60.2 Å². The summed E-state index contributed by atoms with van der Waals surface area (Å²) in [7, 11) is 0. The maximum absolute atomic E-state index is 12.2. The van der Waals surface area contributed by atoms with E-state index in [4.69, 9.17) is 4.74 Å². The molecule has 0 saturated carbocycles. The van der Waals surface area contributed by atoms with Gasteiger partial charge in [-0.15, -0.1) is 0 Å². The fourth-order valence-corrected chi connectivity index (χ4v) is 2.71. The number of carbonyl (C=O) groups is 2. The van der Waals surface area contributed by atoms with Gasteiger partial charge in [0.15, 0.2) is 6.61 Å². The van der Waals surface area contributed by atoms with Crippen molar-refractivity contribution in [1.29, 1.82) is 0 Å². The molecular weight excluding hydrogens is 304 g/mol. The van der Waals surface area contributed by atoms with Gasteiger partial charge in [-0.2, -0.15) is 0 Å². The second-order valence-electron chi connectivity index (χ2n) is 5.91. The number of aryl methyl sites for hydroxylation is 1. The van der Waals surface area contributed by atoms with Crippen molar-refractivity contribution in [2.24, 2.45) is 0 Å². The van der Waals surface area contributed by atoms with Crippen molar-refractivity contribution in [2.75, 3.05) is 18.1 Å². The van der Waals surface area contributed by atoms with Gasteiger partial charge >= 0.3 is 0 Å². The highest BCUT2D eigenvalue weighted by Crippen LogP contribution is 2.22. The number of para-hydroxylation sites is 1. The number of hydrogen-bond donors (Lipinski definition) is 1. The quantitative estimate of drug-likeness (QED) is 0.918. The maximum Gasteiger partial charge on any atom is 0.258 e. The topological polar surface area (TPSA) is 58.6 Å². The number of ether oxygens (including phenoxy) is 1. The predicted octanol–water partition coefficient (Wildman–Crippen LogP) is 2.30. The van der Waals surface area contributed by atoms with Crippen molar-refractivity contribution in [3.63, 3.8) is 0 Å². The highest BCUT2D eigenvalue weighted by atomic mass is 16.5. The summed E-state index contributed by atoms with van der Waals surface area (Å²) in [4.78, 5) is 25.9. The van der Waals surface area contributed by atoms with E-state index in [2.05, 4.69) is 5.32 Å². The molecule has 1 fully saturated rings. The molecule has 1 heterocycles. The van der Waals surface area contributed by atoms with Crippen LogP contribution in [-0.2, 0) is 9.59 Å². The summed E-state index contributed by atoms with van der Waals surface area (Å²) in [6.07, 6.45) is 0.310. The van der Waals surface area contributed by atoms with Crippen LogP contribution in [0, 0.1) is 6.92 Å². The van der Waals surface area contributed by atoms with E-state index in [0.29, 0.717) is 18.7 Å². The molecule has 1 atom stereocenters. The number of nitrogens with one attached hydrogen (secondary N) is 1. The molecule has 1 aliphatic heterocycles. The highest BCUT2D eigenvalue weighted by Gasteiger charge is 2.31. The molecule has 0 bridgehead atoms. The SMILES string of the molecule is Cc1ccc(N2C[C@@H](NC(=O)COc3ccccc3)CC2=O)cc1. The summed E-state index contributed by atoms with van der Waals surface area (Å²) in [5, 5.41) is 2.86. The first kappa shape index (κ1) is 16.1. The highest BCUT2D eigenvalue weighted by molar-refractivity contribution is 5.96. The summed E-state index contributed by atoms with van der Waals surface area (Å²) >= 11 is 0. The zero-order valence-corrected chi connectivity index (χ0v) is 13.6. The van der Waals surface area contributed by atoms with Crippen LogP contribution in [0.1, 0.15) is 12.0 Å². The summed E-state index contributed by atoms with van der Waals surface area (Å²) in [6.45, 7) is 2.43. The van der Waals surface area contributed by atoms with Crippen LogP contribution in [0.15, 0.2) is 54.6 Å². The minimum atomic E-state index is -0.220. The average molecular weight is 324 g/mol. The van der Waals surface area contributed by atoms with Crippen molar-refractivity contribution >= 4 is 17.5 Å². The Kier molecular flexibility index (Phi) is 4.79. The van der Waals surface area contributed by atoms with Crippen molar-refractivity contribution < 1.29 is 14.3 Å². The molecule has 2 aromatic carbocycles. The van der Waals surface area contributed by atoms with E-state index in [1.165, 1.54) is 0 Å². The molecular formula is C19H20N2O3. The van der Waals surface area contributed by atoms with Gasteiger partial charge in [-0.3, -0.25) is 9.59 Å². The Labute approximate surface area is 141 Å². The molecule has 0 radical (unpaired) electrons. The molecule has 1 aliphatic rings. The standard InChI is InChI=1S/C19H20N2O3/c1-14-7-9-16(10-8-14)21-12-15(11-19(21)23)20-18(22)13-24-17-5-3-2-4-6-17/h2-10,15H,11-13H2,1H3,(H,20,22)/t15-/m0/s1. The van der Waals surface area contributed by atoms with E-state index in [0.717, 1.165) is 11.3 Å². The van der Waals surface area contributed by atoms with Gasteiger partial charge < -0.3 is 15.0 Å². The van der Waals surface area contributed by atoms with Crippen molar-refractivity contribution in [2.45, 2.75) is 19.4 Å². The van der Waals surface area contributed by atoms with Gasteiger partial charge in [0, 0.05) is 18.7 Å².